The lowest BCUT2D eigenvalue weighted by molar-refractivity contribution is -0.140. The molecule has 0 fully saturated rings. The monoisotopic (exact) mass is 695 g/mol. The largest absolute Gasteiger partial charge is 0.497 e. The second-order valence-corrected chi connectivity index (χ2v) is 13.9. The van der Waals surface area contributed by atoms with Gasteiger partial charge in [0.05, 0.1) is 27.7 Å². The van der Waals surface area contributed by atoms with E-state index in [4.69, 9.17) is 27.9 Å². The summed E-state index contributed by atoms with van der Waals surface area (Å²) in [5.41, 5.74) is 2.44. The molecule has 0 unspecified atom stereocenters. The van der Waals surface area contributed by atoms with Crippen LogP contribution in [0.4, 0.5) is 5.69 Å². The summed E-state index contributed by atoms with van der Waals surface area (Å²) in [5, 5.41) is 3.14. The Balaban J connectivity index is 1.85. The second kappa shape index (κ2) is 16.2. The van der Waals surface area contributed by atoms with Crippen LogP contribution in [-0.4, -0.2) is 50.9 Å². The molecule has 2 atom stereocenters. The Kier molecular flexibility index (Phi) is 12.3. The predicted octanol–water partition coefficient (Wildman–Crippen LogP) is 7.06. The number of halogens is 2. The molecule has 0 spiro atoms. The Morgan fingerprint density at radius 3 is 2.21 bits per heavy atom. The number of nitrogens with one attached hydrogen (secondary N) is 1. The molecule has 248 valence electrons. The minimum Gasteiger partial charge on any atom is -0.497 e. The van der Waals surface area contributed by atoms with Gasteiger partial charge in [0.15, 0.2) is 0 Å². The van der Waals surface area contributed by atoms with Gasteiger partial charge in [-0.2, -0.15) is 0 Å². The molecule has 0 aliphatic carbocycles. The van der Waals surface area contributed by atoms with E-state index in [0.717, 1.165) is 15.4 Å². The van der Waals surface area contributed by atoms with E-state index < -0.39 is 28.5 Å². The molecule has 4 aromatic carbocycles. The Hall–Kier alpha value is -4.05. The molecule has 0 aliphatic rings. The van der Waals surface area contributed by atoms with Gasteiger partial charge >= 0.3 is 0 Å². The van der Waals surface area contributed by atoms with Gasteiger partial charge in [0, 0.05) is 19.0 Å². The fraction of sp³-hybridized carbons (Fsp3) is 0.278. The first kappa shape index (κ1) is 35.8. The standard InChI is InChI=1S/C36H39Cl2N3O5S/c1-5-26(3)39-36(43)33(22-27-11-7-6-8-12-27)40(23-28-13-9-14-29(21-28)46-4)34(42)24-41(32-16-10-15-31(37)35(32)38)47(44,45)30-19-17-25(2)18-20-30/h6-21,26,33H,5,22-24H2,1-4H3,(H,39,43)/t26-,33+/m1/s1. The van der Waals surface area contributed by atoms with Gasteiger partial charge in [-0.1, -0.05) is 96.4 Å². The van der Waals surface area contributed by atoms with Crippen molar-refractivity contribution in [2.45, 2.75) is 57.1 Å². The minimum absolute atomic E-state index is 0.00313. The summed E-state index contributed by atoms with van der Waals surface area (Å²) in [6.07, 6.45) is 0.880. The zero-order chi connectivity index (χ0) is 34.1. The van der Waals surface area contributed by atoms with Crippen molar-refractivity contribution in [3.05, 3.63) is 124 Å². The summed E-state index contributed by atoms with van der Waals surface area (Å²) >= 11 is 12.9. The average molecular weight is 697 g/mol. The van der Waals surface area contributed by atoms with Crippen LogP contribution >= 0.6 is 23.2 Å². The molecule has 0 heterocycles. The van der Waals surface area contributed by atoms with E-state index in [1.54, 1.807) is 43.5 Å². The lowest BCUT2D eigenvalue weighted by Crippen LogP contribution is -2.54. The molecule has 0 bridgehead atoms. The normalized spacial score (nSPS) is 12.6. The molecule has 0 saturated heterocycles. The number of hydrogen-bond acceptors (Lipinski definition) is 5. The molecule has 0 radical (unpaired) electrons. The number of carbonyl (C=O) groups is 2. The van der Waals surface area contributed by atoms with Crippen molar-refractivity contribution >= 4 is 50.7 Å². The molecule has 11 heteroatoms. The molecule has 4 rings (SSSR count). The highest BCUT2D eigenvalue weighted by molar-refractivity contribution is 7.92. The molecular weight excluding hydrogens is 657 g/mol. The van der Waals surface area contributed by atoms with Gasteiger partial charge in [-0.3, -0.25) is 13.9 Å². The Bertz CT molecular complexity index is 1790. The van der Waals surface area contributed by atoms with Gasteiger partial charge in [-0.05, 0) is 67.8 Å². The maximum Gasteiger partial charge on any atom is 0.264 e. The number of rotatable bonds is 14. The molecule has 8 nitrogen and oxygen atoms in total. The van der Waals surface area contributed by atoms with Gasteiger partial charge in [0.1, 0.15) is 18.3 Å². The number of carbonyl (C=O) groups excluding carboxylic acids is 2. The van der Waals surface area contributed by atoms with Crippen LogP contribution < -0.4 is 14.4 Å². The van der Waals surface area contributed by atoms with Gasteiger partial charge in [-0.25, -0.2) is 8.42 Å². The van der Waals surface area contributed by atoms with Crippen molar-refractivity contribution in [2.24, 2.45) is 0 Å². The highest BCUT2D eigenvalue weighted by atomic mass is 35.5. The molecule has 2 amide bonds. The zero-order valence-electron chi connectivity index (χ0n) is 26.8. The van der Waals surface area contributed by atoms with Crippen LogP contribution in [0.25, 0.3) is 0 Å². The lowest BCUT2D eigenvalue weighted by Gasteiger charge is -2.34. The van der Waals surface area contributed by atoms with Gasteiger partial charge in [-0.15, -0.1) is 0 Å². The first-order chi connectivity index (χ1) is 22.4. The first-order valence-corrected chi connectivity index (χ1v) is 17.4. The Morgan fingerprint density at radius 1 is 0.894 bits per heavy atom. The van der Waals surface area contributed by atoms with Crippen molar-refractivity contribution in [1.29, 1.82) is 0 Å². The first-order valence-electron chi connectivity index (χ1n) is 15.2. The number of aryl methyl sites for hydroxylation is 1. The summed E-state index contributed by atoms with van der Waals surface area (Å²) < 4.78 is 34.9. The maximum atomic E-state index is 14.6. The Labute approximate surface area is 287 Å². The maximum absolute atomic E-state index is 14.6. The molecule has 1 N–H and O–H groups in total. The topological polar surface area (TPSA) is 96.0 Å². The summed E-state index contributed by atoms with van der Waals surface area (Å²) in [6, 6.07) is 26.3. The van der Waals surface area contributed by atoms with Crippen LogP contribution in [0.1, 0.15) is 37.0 Å². The number of methoxy groups -OCH3 is 1. The number of hydrogen-bond donors (Lipinski definition) is 1. The lowest BCUT2D eigenvalue weighted by atomic mass is 10.0. The number of amides is 2. The van der Waals surface area contributed by atoms with Crippen LogP contribution in [0, 0.1) is 6.92 Å². The third kappa shape index (κ3) is 9.06. The van der Waals surface area contributed by atoms with Crippen LogP contribution in [0.15, 0.2) is 102 Å². The summed E-state index contributed by atoms with van der Waals surface area (Å²) in [5.74, 6) is -0.388. The van der Waals surface area contributed by atoms with E-state index >= 15 is 0 Å². The molecule has 4 aromatic rings. The number of benzene rings is 4. The fourth-order valence-corrected chi connectivity index (χ4v) is 6.87. The smallest absolute Gasteiger partial charge is 0.264 e. The van der Waals surface area contributed by atoms with Crippen LogP contribution in [0.5, 0.6) is 5.75 Å². The molecule has 0 saturated carbocycles. The van der Waals surface area contributed by atoms with E-state index in [1.807, 2.05) is 57.2 Å². The molecule has 0 aliphatic heterocycles. The zero-order valence-corrected chi connectivity index (χ0v) is 29.1. The van der Waals surface area contributed by atoms with E-state index in [9.17, 15) is 18.0 Å². The number of nitrogens with zero attached hydrogens (tertiary/aromatic N) is 2. The highest BCUT2D eigenvalue weighted by Gasteiger charge is 2.35. The summed E-state index contributed by atoms with van der Waals surface area (Å²) in [4.78, 5) is 30.0. The molecule has 0 aromatic heterocycles. The summed E-state index contributed by atoms with van der Waals surface area (Å²) in [7, 11) is -2.78. The summed E-state index contributed by atoms with van der Waals surface area (Å²) in [6.45, 7) is 5.05. The van der Waals surface area contributed by atoms with E-state index in [1.165, 1.54) is 29.2 Å². The SMILES string of the molecule is CC[C@@H](C)NC(=O)[C@H](Cc1ccccc1)N(Cc1cccc(OC)c1)C(=O)CN(c1cccc(Cl)c1Cl)S(=O)(=O)c1ccc(C)cc1. The van der Waals surface area contributed by atoms with Crippen LogP contribution in [-0.2, 0) is 32.6 Å². The van der Waals surface area contributed by atoms with E-state index in [2.05, 4.69) is 5.32 Å². The van der Waals surface area contributed by atoms with Gasteiger partial charge in [0.2, 0.25) is 11.8 Å². The number of anilines is 1. The van der Waals surface area contributed by atoms with E-state index in [-0.39, 0.29) is 45.5 Å². The van der Waals surface area contributed by atoms with Crippen LogP contribution in [0.3, 0.4) is 0 Å². The van der Waals surface area contributed by atoms with Crippen molar-refractivity contribution in [1.82, 2.24) is 10.2 Å². The number of sulfonamides is 1. The predicted molar refractivity (Wildman–Crippen MR) is 188 cm³/mol. The van der Waals surface area contributed by atoms with Crippen molar-refractivity contribution in [2.75, 3.05) is 18.0 Å². The average Bonchev–Trinajstić information content (AvgIpc) is 3.07. The van der Waals surface area contributed by atoms with Crippen molar-refractivity contribution in [3.63, 3.8) is 0 Å². The minimum atomic E-state index is -4.33. The third-order valence-electron chi connectivity index (χ3n) is 7.85. The van der Waals surface area contributed by atoms with Gasteiger partial charge < -0.3 is 15.0 Å². The number of ether oxygens (including phenoxy) is 1. The third-order valence-corrected chi connectivity index (χ3v) is 10.4. The molecular formula is C36H39Cl2N3O5S. The highest BCUT2D eigenvalue weighted by Crippen LogP contribution is 2.36. The van der Waals surface area contributed by atoms with Crippen molar-refractivity contribution in [3.8, 4) is 5.75 Å². The quantitative estimate of drug-likeness (QED) is 0.152. The Morgan fingerprint density at radius 2 is 1.55 bits per heavy atom. The van der Waals surface area contributed by atoms with E-state index in [0.29, 0.717) is 17.7 Å². The molecule has 47 heavy (non-hydrogen) atoms. The van der Waals surface area contributed by atoms with Gasteiger partial charge in [0.25, 0.3) is 10.0 Å². The van der Waals surface area contributed by atoms with Crippen molar-refractivity contribution < 1.29 is 22.7 Å². The van der Waals surface area contributed by atoms with Crippen LogP contribution in [0.2, 0.25) is 10.0 Å². The fourth-order valence-electron chi connectivity index (χ4n) is 5.00. The second-order valence-electron chi connectivity index (χ2n) is 11.3.